The highest BCUT2D eigenvalue weighted by atomic mass is 32.2. The number of para-hydroxylation sites is 1. The van der Waals surface area contributed by atoms with Crippen molar-refractivity contribution in [2.45, 2.75) is 37.2 Å². The van der Waals surface area contributed by atoms with Gasteiger partial charge < -0.3 is 34.6 Å². The Balaban J connectivity index is 0.000000507. The highest BCUT2D eigenvalue weighted by Gasteiger charge is 2.27. The number of thioether (sulfide) groups is 1. The second kappa shape index (κ2) is 16.8. The van der Waals surface area contributed by atoms with Crippen molar-refractivity contribution in [2.75, 3.05) is 47.0 Å². The van der Waals surface area contributed by atoms with Gasteiger partial charge in [-0.15, -0.1) is 0 Å². The van der Waals surface area contributed by atoms with E-state index >= 15 is 0 Å². The van der Waals surface area contributed by atoms with Crippen LogP contribution in [0.3, 0.4) is 0 Å². The number of amidine groups is 1. The third kappa shape index (κ3) is 11.2. The molecule has 2 heterocycles. The molecule has 0 aromatic heterocycles. The molecule has 2 aromatic carbocycles. The van der Waals surface area contributed by atoms with E-state index < -0.39 is 18.0 Å². The van der Waals surface area contributed by atoms with E-state index in [1.54, 1.807) is 7.11 Å². The van der Waals surface area contributed by atoms with Gasteiger partial charge in [0.05, 0.1) is 32.1 Å². The molecule has 10 nitrogen and oxygen atoms in total. The summed E-state index contributed by atoms with van der Waals surface area (Å²) in [6.45, 7) is 3.64. The highest BCUT2D eigenvalue weighted by Crippen LogP contribution is 2.32. The first-order chi connectivity index (χ1) is 19.7. The Morgan fingerprint density at radius 3 is 2.39 bits per heavy atom. The zero-order chi connectivity index (χ0) is 29.6. The van der Waals surface area contributed by atoms with Gasteiger partial charge >= 0.3 is 11.9 Å². The number of carbonyl (C=O) groups is 2. The second-order valence-corrected chi connectivity index (χ2v) is 10.7. The summed E-state index contributed by atoms with van der Waals surface area (Å²) in [5.74, 6) is -0.663. The molecule has 2 aromatic rings. The molecule has 11 heteroatoms. The molecule has 0 amide bonds. The number of carboxylic acid groups (broad SMARTS) is 2. The monoisotopic (exact) mass is 585 g/mol. The standard InChI is InChI=1S/C26H35N3O3S.C4H4O4/c1-28(26-27-25-6-4-3-5-21(25)19-33-26)22-11-14-29(15-12-22)17-23(30)18-32-16-13-20-7-9-24(31-2)10-8-20;5-3(6)1-2-4(7)8/h3-10,22-23,30H,11-19H2,1-2H3;1-2H,(H,5,6)(H,7,8). The van der Waals surface area contributed by atoms with Crippen molar-refractivity contribution >= 4 is 34.6 Å². The number of aliphatic imine (C=N–C) groups is 1. The Morgan fingerprint density at radius 2 is 1.76 bits per heavy atom. The van der Waals surface area contributed by atoms with Crippen LogP contribution in [0.15, 0.2) is 65.7 Å². The normalized spacial score (nSPS) is 16.2. The van der Waals surface area contributed by atoms with Crippen LogP contribution in [0.5, 0.6) is 5.75 Å². The number of aliphatic hydroxyl groups is 1. The summed E-state index contributed by atoms with van der Waals surface area (Å²) >= 11 is 1.83. The van der Waals surface area contributed by atoms with Gasteiger partial charge in [0.1, 0.15) is 5.75 Å². The Hall–Kier alpha value is -3.38. The van der Waals surface area contributed by atoms with Crippen LogP contribution in [0.1, 0.15) is 24.0 Å². The van der Waals surface area contributed by atoms with E-state index in [9.17, 15) is 14.7 Å². The summed E-state index contributed by atoms with van der Waals surface area (Å²) in [7, 11) is 3.84. The number of aliphatic carboxylic acids is 2. The van der Waals surface area contributed by atoms with Gasteiger partial charge in [-0.1, -0.05) is 42.1 Å². The van der Waals surface area contributed by atoms with Crippen LogP contribution < -0.4 is 4.74 Å². The number of β-amino-alcohol motifs (C(OH)–C–C–N with tert-alkyl or cyclic N) is 1. The maximum atomic E-state index is 10.4. The van der Waals surface area contributed by atoms with Gasteiger partial charge in [0, 0.05) is 50.6 Å². The lowest BCUT2D eigenvalue weighted by Gasteiger charge is -2.39. The Bertz CT molecular complexity index is 1160. The molecule has 0 aliphatic carbocycles. The van der Waals surface area contributed by atoms with Gasteiger partial charge in [-0.25, -0.2) is 14.6 Å². The molecule has 2 aliphatic heterocycles. The van der Waals surface area contributed by atoms with Crippen LogP contribution in [-0.4, -0.2) is 101 Å². The molecular formula is C30H39N3O7S. The molecule has 0 saturated carbocycles. The van der Waals surface area contributed by atoms with Crippen LogP contribution in [0.4, 0.5) is 5.69 Å². The van der Waals surface area contributed by atoms with Crippen molar-refractivity contribution in [3.8, 4) is 5.75 Å². The molecule has 41 heavy (non-hydrogen) atoms. The van der Waals surface area contributed by atoms with Gasteiger partial charge in [0.15, 0.2) is 5.17 Å². The van der Waals surface area contributed by atoms with Crippen molar-refractivity contribution < 1.29 is 34.4 Å². The summed E-state index contributed by atoms with van der Waals surface area (Å²) in [4.78, 5) is 28.7. The molecule has 1 unspecified atom stereocenters. The number of rotatable bonds is 11. The van der Waals surface area contributed by atoms with Crippen molar-refractivity contribution in [1.29, 1.82) is 0 Å². The summed E-state index contributed by atoms with van der Waals surface area (Å²) in [6, 6.07) is 16.9. The Labute approximate surface area is 245 Å². The molecule has 4 rings (SSSR count). The van der Waals surface area contributed by atoms with Gasteiger partial charge in [-0.2, -0.15) is 0 Å². The third-order valence-electron chi connectivity index (χ3n) is 6.81. The Kier molecular flexibility index (Phi) is 13.2. The molecule has 0 spiro atoms. The van der Waals surface area contributed by atoms with Crippen LogP contribution in [0.2, 0.25) is 0 Å². The van der Waals surface area contributed by atoms with Gasteiger partial charge in [0.25, 0.3) is 0 Å². The maximum absolute atomic E-state index is 10.4. The first kappa shape index (κ1) is 32.1. The number of benzene rings is 2. The quantitative estimate of drug-likeness (QED) is 0.265. The number of methoxy groups -OCH3 is 1. The zero-order valence-electron chi connectivity index (χ0n) is 23.5. The summed E-state index contributed by atoms with van der Waals surface area (Å²) in [5, 5.41) is 27.2. The predicted octanol–water partition coefficient (Wildman–Crippen LogP) is 3.66. The number of hydrogen-bond acceptors (Lipinski definition) is 9. The molecule has 1 fully saturated rings. The minimum atomic E-state index is -1.26. The van der Waals surface area contributed by atoms with E-state index in [1.807, 2.05) is 23.9 Å². The van der Waals surface area contributed by atoms with E-state index in [1.165, 1.54) is 11.1 Å². The number of nitrogens with zero attached hydrogens (tertiary/aromatic N) is 3. The SMILES string of the molecule is COc1ccc(CCOCC(O)CN2CCC(N(C)C3=Nc4ccccc4CS3)CC2)cc1.O=C(O)C=CC(=O)O. The van der Waals surface area contributed by atoms with Crippen LogP contribution in [-0.2, 0) is 26.5 Å². The van der Waals surface area contributed by atoms with Gasteiger partial charge in [-0.05, 0) is 48.6 Å². The molecule has 0 radical (unpaired) electrons. The molecule has 222 valence electrons. The third-order valence-corrected chi connectivity index (χ3v) is 7.91. The summed E-state index contributed by atoms with van der Waals surface area (Å²) in [5.41, 5.74) is 3.63. The fourth-order valence-electron chi connectivity index (χ4n) is 4.54. The number of hydrogen-bond donors (Lipinski definition) is 3. The molecular weight excluding hydrogens is 546 g/mol. The van der Waals surface area contributed by atoms with E-state index in [0.29, 0.717) is 38.0 Å². The lowest BCUT2D eigenvalue weighted by Crippen LogP contribution is -2.47. The van der Waals surface area contributed by atoms with Gasteiger partial charge in [-0.3, -0.25) is 0 Å². The van der Waals surface area contributed by atoms with Crippen LogP contribution in [0.25, 0.3) is 0 Å². The van der Waals surface area contributed by atoms with Crippen LogP contribution >= 0.6 is 11.8 Å². The fourth-order valence-corrected chi connectivity index (χ4v) is 5.58. The number of carboxylic acids is 2. The van der Waals surface area contributed by atoms with Crippen molar-refractivity contribution in [1.82, 2.24) is 9.80 Å². The molecule has 0 bridgehead atoms. The van der Waals surface area contributed by atoms with E-state index in [4.69, 9.17) is 24.7 Å². The first-order valence-electron chi connectivity index (χ1n) is 13.5. The highest BCUT2D eigenvalue weighted by molar-refractivity contribution is 8.13. The largest absolute Gasteiger partial charge is 0.497 e. The number of ether oxygens (including phenoxy) is 2. The van der Waals surface area contributed by atoms with E-state index in [-0.39, 0.29) is 0 Å². The second-order valence-electron chi connectivity index (χ2n) is 9.79. The topological polar surface area (TPSA) is 132 Å². The number of piperidine rings is 1. The predicted molar refractivity (Wildman–Crippen MR) is 160 cm³/mol. The van der Waals surface area contributed by atoms with E-state index in [2.05, 4.69) is 53.2 Å². The van der Waals surface area contributed by atoms with Crippen molar-refractivity contribution in [3.05, 3.63) is 71.8 Å². The zero-order valence-corrected chi connectivity index (χ0v) is 24.3. The lowest BCUT2D eigenvalue weighted by atomic mass is 10.0. The van der Waals surface area contributed by atoms with Crippen LogP contribution in [0, 0.1) is 0 Å². The molecule has 1 atom stereocenters. The number of fused-ring (bicyclic) bond motifs is 1. The minimum Gasteiger partial charge on any atom is -0.497 e. The lowest BCUT2D eigenvalue weighted by molar-refractivity contribution is -0.134. The first-order valence-corrected chi connectivity index (χ1v) is 14.5. The van der Waals surface area contributed by atoms with Gasteiger partial charge in [0.2, 0.25) is 0 Å². The number of likely N-dealkylation sites (tertiary alicyclic amines) is 1. The summed E-state index contributed by atoms with van der Waals surface area (Å²) in [6.07, 6.45) is 3.67. The Morgan fingerprint density at radius 1 is 1.10 bits per heavy atom. The molecule has 3 N–H and O–H groups in total. The van der Waals surface area contributed by atoms with Crippen molar-refractivity contribution in [2.24, 2.45) is 4.99 Å². The van der Waals surface area contributed by atoms with E-state index in [0.717, 1.165) is 54.7 Å². The smallest absolute Gasteiger partial charge is 0.328 e. The molecule has 2 aliphatic rings. The molecule has 1 saturated heterocycles. The fraction of sp³-hybridized carbons (Fsp3) is 0.433. The maximum Gasteiger partial charge on any atom is 0.328 e. The minimum absolute atomic E-state index is 0.378. The average molecular weight is 586 g/mol. The average Bonchev–Trinajstić information content (AvgIpc) is 2.98. The van der Waals surface area contributed by atoms with Crippen molar-refractivity contribution in [3.63, 3.8) is 0 Å². The number of aliphatic hydroxyl groups excluding tert-OH is 1. The summed E-state index contributed by atoms with van der Waals surface area (Å²) < 4.78 is 10.9.